The highest BCUT2D eigenvalue weighted by atomic mass is 16.4. The molecule has 4 heteroatoms. The molecule has 0 saturated carbocycles. The predicted octanol–water partition coefficient (Wildman–Crippen LogP) is 0.347. The number of aliphatic carboxylic acids is 1. The van der Waals surface area contributed by atoms with E-state index < -0.39 is 41.8 Å². The third kappa shape index (κ3) is 2.76. The first kappa shape index (κ1) is 4.62. The number of carbonyl (C=O) groups is 1. The van der Waals surface area contributed by atoms with Crippen LogP contribution < -0.4 is 5.73 Å². The third-order valence-corrected chi connectivity index (χ3v) is 1.23. The number of hydrogen-bond acceptors (Lipinski definition) is 3. The highest BCUT2D eigenvalue weighted by Gasteiger charge is 2.11. The predicted molar refractivity (Wildman–Crippen MR) is 47.4 cm³/mol. The van der Waals surface area contributed by atoms with E-state index in [-0.39, 0.29) is 0 Å². The molecule has 1 atom stereocenters. The van der Waals surface area contributed by atoms with Crippen molar-refractivity contribution in [1.29, 1.82) is 0 Å². The Hall–Kier alpha value is -1.55. The lowest BCUT2D eigenvalue weighted by Crippen LogP contribution is -2.32. The zero-order valence-electron chi connectivity index (χ0n) is 11.5. The standard InChI is InChI=1S/C9H11NO3/c10-8(9(12)13)5-6-1-3-7(11)4-2-6/h1-4,8,11H,5,10H2,(H,12,13)/t8-/m1/s1/i1D,3D,5D2,8D. The molecule has 0 heterocycles. The van der Waals surface area contributed by atoms with E-state index in [9.17, 15) is 9.90 Å². The molecule has 0 aliphatic carbocycles. The Morgan fingerprint density at radius 1 is 1.77 bits per heavy atom. The molecule has 0 fully saturated rings. The van der Waals surface area contributed by atoms with E-state index in [1.165, 1.54) is 0 Å². The Labute approximate surface area is 82.6 Å². The largest absolute Gasteiger partial charge is 0.508 e. The Bertz CT molecular complexity index is 503. The normalized spacial score (nSPS) is 21.5. The van der Waals surface area contributed by atoms with Gasteiger partial charge in [0, 0.05) is 2.74 Å². The molecular formula is C9H11NO3. The number of carboxylic acid groups (broad SMARTS) is 1. The SMILES string of the molecule is [2H]c1c(O)ccc(C([2H])([2H])[C@@]([2H])(N)C(=O)O)c1[2H]. The summed E-state index contributed by atoms with van der Waals surface area (Å²) < 4.78 is 37.3. The smallest absolute Gasteiger partial charge is 0.320 e. The van der Waals surface area contributed by atoms with Gasteiger partial charge in [-0.05, 0) is 24.0 Å². The van der Waals surface area contributed by atoms with Gasteiger partial charge in [0.05, 0.1) is 4.11 Å². The van der Waals surface area contributed by atoms with Crippen LogP contribution in [0.25, 0.3) is 0 Å². The van der Waals surface area contributed by atoms with Gasteiger partial charge in [-0.25, -0.2) is 0 Å². The van der Waals surface area contributed by atoms with Crippen LogP contribution in [0.3, 0.4) is 0 Å². The molecule has 0 unspecified atom stereocenters. The van der Waals surface area contributed by atoms with E-state index in [1.54, 1.807) is 0 Å². The summed E-state index contributed by atoms with van der Waals surface area (Å²) in [6, 6.07) is -2.48. The van der Waals surface area contributed by atoms with E-state index in [4.69, 9.17) is 17.7 Å². The first-order valence-electron chi connectivity index (χ1n) is 5.85. The minimum atomic E-state index is -3.01. The molecule has 0 saturated heterocycles. The van der Waals surface area contributed by atoms with Gasteiger partial charge in [-0.1, -0.05) is 12.1 Å². The van der Waals surface area contributed by atoms with E-state index in [1.807, 2.05) is 0 Å². The Balaban J connectivity index is 3.47. The number of benzene rings is 1. The molecule has 0 aromatic heterocycles. The lowest BCUT2D eigenvalue weighted by Gasteiger charge is -2.05. The molecule has 0 spiro atoms. The Morgan fingerprint density at radius 3 is 3.08 bits per heavy atom. The molecule has 0 amide bonds. The fourth-order valence-corrected chi connectivity index (χ4v) is 0.648. The summed E-state index contributed by atoms with van der Waals surface area (Å²) in [6.07, 6.45) is -2.89. The van der Waals surface area contributed by atoms with Gasteiger partial charge in [0.2, 0.25) is 0 Å². The monoisotopic (exact) mass is 186 g/mol. The first-order chi connectivity index (χ1) is 8.03. The second-order valence-electron chi connectivity index (χ2n) is 2.23. The van der Waals surface area contributed by atoms with Crippen molar-refractivity contribution in [2.24, 2.45) is 5.73 Å². The van der Waals surface area contributed by atoms with E-state index in [0.29, 0.717) is 0 Å². The average molecular weight is 186 g/mol. The lowest BCUT2D eigenvalue weighted by atomic mass is 10.1. The quantitative estimate of drug-likeness (QED) is 0.636. The van der Waals surface area contributed by atoms with Crippen molar-refractivity contribution in [2.75, 3.05) is 0 Å². The number of phenolic OH excluding ortho intramolecular Hbond substituents is 1. The van der Waals surface area contributed by atoms with E-state index in [2.05, 4.69) is 0 Å². The molecule has 1 aromatic rings. The van der Waals surface area contributed by atoms with Crippen molar-refractivity contribution in [2.45, 2.75) is 12.4 Å². The molecule has 0 aliphatic rings. The summed E-state index contributed by atoms with van der Waals surface area (Å²) in [4.78, 5) is 10.8. The molecule has 70 valence electrons. The summed E-state index contributed by atoms with van der Waals surface area (Å²) in [6.45, 7) is 0. The Kier molecular flexibility index (Phi) is 1.39. The maximum absolute atomic E-state index is 10.8. The molecule has 1 aromatic carbocycles. The number of aromatic hydroxyl groups is 1. The second kappa shape index (κ2) is 3.91. The topological polar surface area (TPSA) is 83.5 Å². The fourth-order valence-electron chi connectivity index (χ4n) is 0.648. The van der Waals surface area contributed by atoms with Crippen molar-refractivity contribution in [3.63, 3.8) is 0 Å². The van der Waals surface area contributed by atoms with Gasteiger partial charge in [-0.2, -0.15) is 0 Å². The minimum Gasteiger partial charge on any atom is -0.508 e. The summed E-state index contributed by atoms with van der Waals surface area (Å²) in [5, 5.41) is 17.9. The van der Waals surface area contributed by atoms with Crippen LogP contribution in [-0.4, -0.2) is 22.2 Å². The van der Waals surface area contributed by atoms with Gasteiger partial charge in [0.1, 0.15) is 11.8 Å². The summed E-state index contributed by atoms with van der Waals surface area (Å²) in [7, 11) is 0. The van der Waals surface area contributed by atoms with Crippen LogP contribution >= 0.6 is 0 Å². The van der Waals surface area contributed by atoms with Crippen molar-refractivity contribution >= 4 is 5.97 Å². The zero-order chi connectivity index (χ0) is 14.3. The lowest BCUT2D eigenvalue weighted by molar-refractivity contribution is -0.138. The second-order valence-corrected chi connectivity index (χ2v) is 2.23. The van der Waals surface area contributed by atoms with Gasteiger partial charge in [-0.15, -0.1) is 0 Å². The maximum Gasteiger partial charge on any atom is 0.320 e. The summed E-state index contributed by atoms with van der Waals surface area (Å²) in [5.41, 5.74) is 4.57. The highest BCUT2D eigenvalue weighted by molar-refractivity contribution is 5.73. The van der Waals surface area contributed by atoms with Crippen LogP contribution in [0.15, 0.2) is 24.2 Å². The van der Waals surface area contributed by atoms with Gasteiger partial charge < -0.3 is 15.9 Å². The molecule has 0 bridgehead atoms. The van der Waals surface area contributed by atoms with Gasteiger partial charge in [-0.3, -0.25) is 4.79 Å². The first-order valence-corrected chi connectivity index (χ1v) is 3.35. The number of carboxylic acids is 1. The molecular weight excluding hydrogens is 170 g/mol. The van der Waals surface area contributed by atoms with Crippen molar-refractivity contribution in [3.05, 3.63) is 29.8 Å². The minimum absolute atomic E-state index is 0.537. The number of nitrogens with two attached hydrogens (primary N) is 1. The van der Waals surface area contributed by atoms with Crippen LogP contribution in [0.1, 0.15) is 12.4 Å². The molecule has 1 rings (SSSR count). The van der Waals surface area contributed by atoms with Crippen molar-refractivity contribution < 1.29 is 21.9 Å². The molecule has 0 aliphatic heterocycles. The molecule has 4 N–H and O–H groups in total. The van der Waals surface area contributed by atoms with Crippen LogP contribution in [0, 0.1) is 0 Å². The number of rotatable bonds is 3. The Morgan fingerprint density at radius 2 is 2.46 bits per heavy atom. The van der Waals surface area contributed by atoms with E-state index in [0.717, 1.165) is 12.1 Å². The summed E-state index contributed by atoms with van der Waals surface area (Å²) >= 11 is 0. The molecule has 4 nitrogen and oxygen atoms in total. The van der Waals surface area contributed by atoms with Gasteiger partial charge >= 0.3 is 5.97 Å². The van der Waals surface area contributed by atoms with Crippen molar-refractivity contribution in [3.8, 4) is 5.75 Å². The third-order valence-electron chi connectivity index (χ3n) is 1.23. The number of phenols is 1. The van der Waals surface area contributed by atoms with Crippen LogP contribution in [0.5, 0.6) is 5.75 Å². The molecule has 0 radical (unpaired) electrons. The fraction of sp³-hybridized carbons (Fsp3) is 0.222. The maximum atomic E-state index is 10.8. The van der Waals surface area contributed by atoms with Crippen LogP contribution in [0.4, 0.5) is 0 Å². The average Bonchev–Trinajstić information content (AvgIpc) is 2.25. The summed E-state index contributed by atoms with van der Waals surface area (Å²) in [5.74, 6) is -2.44. The number of hydrogen-bond donors (Lipinski definition) is 3. The molecule has 13 heavy (non-hydrogen) atoms. The highest BCUT2D eigenvalue weighted by Crippen LogP contribution is 2.10. The van der Waals surface area contributed by atoms with Gasteiger partial charge in [0.25, 0.3) is 0 Å². The van der Waals surface area contributed by atoms with Crippen LogP contribution in [0.2, 0.25) is 0 Å². The van der Waals surface area contributed by atoms with E-state index >= 15 is 0 Å². The van der Waals surface area contributed by atoms with Gasteiger partial charge in [0.15, 0.2) is 0 Å². The van der Waals surface area contributed by atoms with Crippen LogP contribution in [-0.2, 0) is 11.2 Å². The zero-order valence-corrected chi connectivity index (χ0v) is 6.53. The van der Waals surface area contributed by atoms with Crippen molar-refractivity contribution in [1.82, 2.24) is 0 Å².